The van der Waals surface area contributed by atoms with E-state index >= 15 is 0 Å². The maximum atomic E-state index is 9.04. The minimum absolute atomic E-state index is 0.0212. The topological polar surface area (TPSA) is 32.7 Å². The average Bonchev–Trinajstić information content (AvgIpc) is 2.91. The lowest BCUT2D eigenvalue weighted by atomic mass is 9.94. The van der Waals surface area contributed by atoms with Gasteiger partial charge in [0.25, 0.3) is 0 Å². The summed E-state index contributed by atoms with van der Waals surface area (Å²) in [5, 5.41) is 12.4. The van der Waals surface area contributed by atoms with Crippen molar-refractivity contribution in [3.63, 3.8) is 0 Å². The Kier molecular flexibility index (Phi) is 6.18. The molecule has 0 aromatic carbocycles. The van der Waals surface area contributed by atoms with Gasteiger partial charge in [0.2, 0.25) is 0 Å². The van der Waals surface area contributed by atoms with Crippen LogP contribution in [0.4, 0.5) is 0 Å². The van der Waals surface area contributed by atoms with Crippen LogP contribution in [-0.2, 0) is 4.84 Å². The number of nitrogens with zero attached hydrogens (tertiary/aromatic N) is 1. The van der Waals surface area contributed by atoms with Crippen molar-refractivity contribution in [2.24, 2.45) is 0 Å². The quantitative estimate of drug-likeness (QED) is 0.588. The Morgan fingerprint density at radius 2 is 2.00 bits per heavy atom. The number of aliphatic hydroxyl groups excluding tert-OH is 1. The molecule has 1 fully saturated rings. The van der Waals surface area contributed by atoms with Crippen LogP contribution in [0, 0.1) is 0 Å². The number of halogens is 1. The van der Waals surface area contributed by atoms with Crippen molar-refractivity contribution in [2.45, 2.75) is 82.0 Å². The third-order valence-electron chi connectivity index (χ3n) is 4.50. The van der Waals surface area contributed by atoms with Gasteiger partial charge >= 0.3 is 0 Å². The van der Waals surface area contributed by atoms with E-state index in [4.69, 9.17) is 21.5 Å². The van der Waals surface area contributed by atoms with E-state index in [2.05, 4.69) is 30.8 Å². The van der Waals surface area contributed by atoms with Crippen LogP contribution in [0.5, 0.6) is 0 Å². The van der Waals surface area contributed by atoms with Crippen LogP contribution >= 0.6 is 11.6 Å². The first kappa shape index (κ1) is 17.3. The molecule has 1 aliphatic carbocycles. The van der Waals surface area contributed by atoms with Gasteiger partial charge in [-0.1, -0.05) is 38.9 Å². The molecule has 3 nitrogen and oxygen atoms in total. The molecule has 0 amide bonds. The van der Waals surface area contributed by atoms with Crippen molar-refractivity contribution >= 4 is 19.7 Å². The first-order valence-electron chi connectivity index (χ1n) is 8.37. The summed E-state index contributed by atoms with van der Waals surface area (Å²) in [6.07, 6.45) is 10.2. The fourth-order valence-electron chi connectivity index (χ4n) is 3.19. The lowest BCUT2D eigenvalue weighted by Crippen LogP contribution is -2.44. The van der Waals surface area contributed by atoms with E-state index in [1.165, 1.54) is 37.5 Å². The molecule has 5 heteroatoms. The van der Waals surface area contributed by atoms with Crippen molar-refractivity contribution in [3.05, 3.63) is 11.5 Å². The highest BCUT2D eigenvalue weighted by molar-refractivity contribution is 6.82. The second kappa shape index (κ2) is 7.49. The van der Waals surface area contributed by atoms with Crippen LogP contribution in [0.15, 0.2) is 11.5 Å². The molecular formula is C16H30ClNO2Si. The smallest absolute Gasteiger partial charge is 0.125 e. The highest BCUT2D eigenvalue weighted by Crippen LogP contribution is 2.35. The van der Waals surface area contributed by atoms with E-state index in [0.717, 1.165) is 12.8 Å². The van der Waals surface area contributed by atoms with Crippen LogP contribution in [0.25, 0.3) is 0 Å². The van der Waals surface area contributed by atoms with E-state index in [1.54, 1.807) is 0 Å². The molecule has 0 aromatic rings. The first-order chi connectivity index (χ1) is 9.93. The van der Waals surface area contributed by atoms with E-state index in [1.807, 2.05) is 0 Å². The van der Waals surface area contributed by atoms with Gasteiger partial charge in [-0.15, -0.1) is 16.7 Å². The predicted molar refractivity (Wildman–Crippen MR) is 91.0 cm³/mol. The standard InChI is InChI=1S/C16H30ClNO2Si/c1-21(2,3)16-12-15(14(17)10-7-11-19)18(20-16)13-8-5-4-6-9-13/h12-15,19H,4-11H2,1-3H3/t14?,15-/m0/s1. The molecule has 0 spiro atoms. The SMILES string of the molecule is C[Si](C)(C)C1=C[C@@H](C(Cl)CCCO)N(C2CCCCC2)O1. The number of hydrogen-bond donors (Lipinski definition) is 1. The Bertz CT molecular complexity index is 364. The summed E-state index contributed by atoms with van der Waals surface area (Å²) in [5.74, 6) is 0. The molecule has 1 N–H and O–H groups in total. The summed E-state index contributed by atoms with van der Waals surface area (Å²) in [6.45, 7) is 7.16. The Morgan fingerprint density at radius 1 is 1.33 bits per heavy atom. The number of rotatable bonds is 6. The summed E-state index contributed by atoms with van der Waals surface area (Å²) in [7, 11) is -1.46. The van der Waals surface area contributed by atoms with Gasteiger partial charge in [0.15, 0.2) is 0 Å². The largest absolute Gasteiger partial charge is 0.415 e. The fourth-order valence-corrected chi connectivity index (χ4v) is 4.58. The lowest BCUT2D eigenvalue weighted by Gasteiger charge is -2.36. The Balaban J connectivity index is 2.10. The molecule has 1 saturated carbocycles. The lowest BCUT2D eigenvalue weighted by molar-refractivity contribution is -0.151. The van der Waals surface area contributed by atoms with Crippen LogP contribution in [0.1, 0.15) is 44.9 Å². The monoisotopic (exact) mass is 331 g/mol. The molecule has 0 radical (unpaired) electrons. The van der Waals surface area contributed by atoms with Crippen LogP contribution < -0.4 is 0 Å². The Labute approximate surface area is 135 Å². The van der Waals surface area contributed by atoms with Crippen molar-refractivity contribution in [1.82, 2.24) is 5.06 Å². The molecule has 1 aliphatic heterocycles. The molecule has 2 rings (SSSR count). The van der Waals surface area contributed by atoms with Gasteiger partial charge in [-0.3, -0.25) is 0 Å². The van der Waals surface area contributed by atoms with Crippen molar-refractivity contribution in [3.8, 4) is 0 Å². The highest BCUT2D eigenvalue weighted by Gasteiger charge is 2.40. The number of hydroxylamine groups is 2. The molecule has 1 unspecified atom stereocenters. The summed E-state index contributed by atoms with van der Waals surface area (Å²) in [5.41, 5.74) is 0. The van der Waals surface area contributed by atoms with E-state index in [-0.39, 0.29) is 18.0 Å². The second-order valence-corrected chi connectivity index (χ2v) is 12.9. The zero-order valence-corrected chi connectivity index (χ0v) is 15.4. The van der Waals surface area contributed by atoms with Crippen LogP contribution in [-0.4, -0.2) is 42.3 Å². The summed E-state index contributed by atoms with van der Waals surface area (Å²) in [4.78, 5) is 6.29. The molecule has 1 heterocycles. The molecule has 0 aromatic heterocycles. The third kappa shape index (κ3) is 4.47. The van der Waals surface area contributed by atoms with E-state index in [9.17, 15) is 0 Å². The zero-order chi connectivity index (χ0) is 15.5. The normalized spacial score (nSPS) is 26.5. The molecule has 2 atom stereocenters. The van der Waals surface area contributed by atoms with Crippen LogP contribution in [0.2, 0.25) is 19.6 Å². The Morgan fingerprint density at radius 3 is 2.57 bits per heavy atom. The minimum atomic E-state index is -1.46. The van der Waals surface area contributed by atoms with Crippen molar-refractivity contribution in [2.75, 3.05) is 6.61 Å². The number of aliphatic hydroxyl groups is 1. The van der Waals surface area contributed by atoms with Crippen molar-refractivity contribution in [1.29, 1.82) is 0 Å². The zero-order valence-electron chi connectivity index (χ0n) is 13.6. The molecule has 122 valence electrons. The Hall–Kier alpha value is -0.0331. The molecule has 2 aliphatic rings. The maximum Gasteiger partial charge on any atom is 0.125 e. The molecule has 21 heavy (non-hydrogen) atoms. The number of hydrogen-bond acceptors (Lipinski definition) is 3. The first-order valence-corrected chi connectivity index (χ1v) is 12.3. The molecular weight excluding hydrogens is 302 g/mol. The van der Waals surface area contributed by atoms with Gasteiger partial charge in [-0.25, -0.2) is 0 Å². The summed E-state index contributed by atoms with van der Waals surface area (Å²) < 4.78 is 0. The van der Waals surface area contributed by atoms with Gasteiger partial charge in [0.05, 0.1) is 16.8 Å². The summed E-state index contributed by atoms with van der Waals surface area (Å²) in [6, 6.07) is 0.673. The summed E-state index contributed by atoms with van der Waals surface area (Å²) >= 11 is 6.63. The number of alkyl halides is 1. The van der Waals surface area contributed by atoms with E-state index in [0.29, 0.717) is 6.04 Å². The van der Waals surface area contributed by atoms with Crippen LogP contribution in [0.3, 0.4) is 0 Å². The average molecular weight is 332 g/mol. The second-order valence-electron chi connectivity index (χ2n) is 7.40. The maximum absolute atomic E-state index is 9.04. The minimum Gasteiger partial charge on any atom is -0.415 e. The van der Waals surface area contributed by atoms with Gasteiger partial charge < -0.3 is 9.94 Å². The van der Waals surface area contributed by atoms with Gasteiger partial charge in [-0.2, -0.15) is 0 Å². The van der Waals surface area contributed by atoms with E-state index < -0.39 is 8.07 Å². The predicted octanol–water partition coefficient (Wildman–Crippen LogP) is 4.08. The third-order valence-corrected chi connectivity index (χ3v) is 6.71. The van der Waals surface area contributed by atoms with Crippen molar-refractivity contribution < 1.29 is 9.94 Å². The molecule has 0 bridgehead atoms. The van der Waals surface area contributed by atoms with Gasteiger partial charge in [-0.05, 0) is 31.8 Å². The highest BCUT2D eigenvalue weighted by atomic mass is 35.5. The molecule has 0 saturated heterocycles. The fraction of sp³-hybridized carbons (Fsp3) is 0.875. The van der Waals surface area contributed by atoms with Gasteiger partial charge in [0.1, 0.15) is 8.07 Å². The van der Waals surface area contributed by atoms with Gasteiger partial charge in [0, 0.05) is 12.6 Å².